The summed E-state index contributed by atoms with van der Waals surface area (Å²) in [6.45, 7) is 9.23. The number of likely N-dealkylation sites (tertiary alicyclic amines) is 1. The van der Waals surface area contributed by atoms with Gasteiger partial charge in [0.2, 0.25) is 0 Å². The highest BCUT2D eigenvalue weighted by Gasteiger charge is 2.31. The second-order valence-corrected chi connectivity index (χ2v) is 6.25. The molecule has 1 saturated heterocycles. The van der Waals surface area contributed by atoms with E-state index in [4.69, 9.17) is 0 Å². The molecule has 0 radical (unpaired) electrons. The third kappa shape index (κ3) is 3.17. The van der Waals surface area contributed by atoms with Crippen LogP contribution in [0.4, 0.5) is 5.69 Å². The van der Waals surface area contributed by atoms with Crippen molar-refractivity contribution in [1.29, 1.82) is 0 Å². The minimum Gasteiger partial charge on any atom is -0.385 e. The maximum atomic E-state index is 12.9. The molecule has 1 amide bonds. The standard InChI is InChI=1S/C16H26N4O/c1-10(2)15-18-9-13(17-5)14(19-15)16(21)20-8-6-7-11(3)12(20)4/h9-12,17H,6-8H2,1-5H3. The lowest BCUT2D eigenvalue weighted by Crippen LogP contribution is -2.46. The molecule has 1 N–H and O–H groups in total. The van der Waals surface area contributed by atoms with Crippen LogP contribution in [0.25, 0.3) is 0 Å². The summed E-state index contributed by atoms with van der Waals surface area (Å²) in [5.41, 5.74) is 1.20. The van der Waals surface area contributed by atoms with Crippen LogP contribution in [0.15, 0.2) is 6.20 Å². The molecule has 0 bridgehead atoms. The Labute approximate surface area is 127 Å². The zero-order valence-electron chi connectivity index (χ0n) is 13.7. The highest BCUT2D eigenvalue weighted by Crippen LogP contribution is 2.26. The number of hydrogen-bond donors (Lipinski definition) is 1. The van der Waals surface area contributed by atoms with Gasteiger partial charge >= 0.3 is 0 Å². The number of hydrogen-bond acceptors (Lipinski definition) is 4. The topological polar surface area (TPSA) is 58.1 Å². The largest absolute Gasteiger partial charge is 0.385 e. The number of anilines is 1. The Morgan fingerprint density at radius 2 is 2.14 bits per heavy atom. The molecule has 5 heteroatoms. The Morgan fingerprint density at radius 1 is 1.43 bits per heavy atom. The van der Waals surface area contributed by atoms with Crippen LogP contribution >= 0.6 is 0 Å². The first-order chi connectivity index (χ1) is 9.95. The number of amides is 1. The van der Waals surface area contributed by atoms with Crippen molar-refractivity contribution in [3.63, 3.8) is 0 Å². The maximum Gasteiger partial charge on any atom is 0.274 e. The van der Waals surface area contributed by atoms with Gasteiger partial charge in [-0.2, -0.15) is 0 Å². The van der Waals surface area contributed by atoms with E-state index in [1.807, 2.05) is 18.7 Å². The predicted molar refractivity (Wildman–Crippen MR) is 84.6 cm³/mol. The molecular weight excluding hydrogens is 264 g/mol. The summed E-state index contributed by atoms with van der Waals surface area (Å²) in [6, 6.07) is 0.258. The van der Waals surface area contributed by atoms with E-state index in [-0.39, 0.29) is 17.9 Å². The molecule has 0 aliphatic carbocycles. The molecule has 2 rings (SSSR count). The molecule has 5 nitrogen and oxygen atoms in total. The summed E-state index contributed by atoms with van der Waals surface area (Å²) in [5.74, 6) is 1.48. The molecule has 0 spiro atoms. The minimum atomic E-state index is 0.0164. The second kappa shape index (κ2) is 6.41. The number of carbonyl (C=O) groups is 1. The average molecular weight is 290 g/mol. The molecule has 0 saturated carbocycles. The first-order valence-electron chi connectivity index (χ1n) is 7.81. The van der Waals surface area contributed by atoms with E-state index in [0.29, 0.717) is 17.3 Å². The molecule has 116 valence electrons. The van der Waals surface area contributed by atoms with Gasteiger partial charge in [-0.15, -0.1) is 0 Å². The van der Waals surface area contributed by atoms with Crippen molar-refractivity contribution in [3.05, 3.63) is 17.7 Å². The van der Waals surface area contributed by atoms with Crippen molar-refractivity contribution in [2.75, 3.05) is 18.9 Å². The van der Waals surface area contributed by atoms with Crippen molar-refractivity contribution in [2.45, 2.75) is 52.5 Å². The quantitative estimate of drug-likeness (QED) is 0.930. The van der Waals surface area contributed by atoms with Crippen molar-refractivity contribution in [3.8, 4) is 0 Å². The van der Waals surface area contributed by atoms with Gasteiger partial charge in [0.15, 0.2) is 5.69 Å². The van der Waals surface area contributed by atoms with Crippen LogP contribution in [0.1, 0.15) is 62.8 Å². The molecule has 1 aliphatic rings. The van der Waals surface area contributed by atoms with E-state index in [2.05, 4.69) is 29.1 Å². The summed E-state index contributed by atoms with van der Waals surface area (Å²) < 4.78 is 0. The summed E-state index contributed by atoms with van der Waals surface area (Å²) in [4.78, 5) is 23.7. The molecule has 2 heterocycles. The minimum absolute atomic E-state index is 0.0164. The fraction of sp³-hybridized carbons (Fsp3) is 0.688. The van der Waals surface area contributed by atoms with Crippen LogP contribution in [0.3, 0.4) is 0 Å². The number of nitrogens with one attached hydrogen (secondary N) is 1. The zero-order chi connectivity index (χ0) is 15.6. The number of carbonyl (C=O) groups excluding carboxylic acids is 1. The van der Waals surface area contributed by atoms with Crippen molar-refractivity contribution < 1.29 is 4.79 Å². The lowest BCUT2D eigenvalue weighted by Gasteiger charge is -2.38. The molecule has 1 aromatic heterocycles. The van der Waals surface area contributed by atoms with Gasteiger partial charge in [0.05, 0.1) is 11.9 Å². The SMILES string of the molecule is CNc1cnc(C(C)C)nc1C(=O)N1CCCC(C)C1C. The van der Waals surface area contributed by atoms with Crippen LogP contribution in [-0.4, -0.2) is 40.4 Å². The Morgan fingerprint density at radius 3 is 2.76 bits per heavy atom. The van der Waals surface area contributed by atoms with E-state index >= 15 is 0 Å². The number of piperidine rings is 1. The Kier molecular flexibility index (Phi) is 4.80. The fourth-order valence-electron chi connectivity index (χ4n) is 2.78. The Hall–Kier alpha value is -1.65. The van der Waals surface area contributed by atoms with Crippen LogP contribution < -0.4 is 5.32 Å². The molecule has 21 heavy (non-hydrogen) atoms. The summed E-state index contributed by atoms with van der Waals surface area (Å²) in [7, 11) is 1.80. The molecule has 1 aromatic rings. The van der Waals surface area contributed by atoms with E-state index in [1.54, 1.807) is 13.2 Å². The monoisotopic (exact) mass is 290 g/mol. The number of aromatic nitrogens is 2. The third-order valence-electron chi connectivity index (χ3n) is 4.43. The van der Waals surface area contributed by atoms with Gasteiger partial charge in [0.25, 0.3) is 5.91 Å². The van der Waals surface area contributed by atoms with Gasteiger partial charge in [-0.25, -0.2) is 9.97 Å². The molecule has 1 aliphatic heterocycles. The molecule has 2 atom stereocenters. The maximum absolute atomic E-state index is 12.9. The van der Waals surface area contributed by atoms with Gasteiger partial charge in [-0.3, -0.25) is 4.79 Å². The molecule has 2 unspecified atom stereocenters. The van der Waals surface area contributed by atoms with Crippen molar-refractivity contribution in [2.24, 2.45) is 5.92 Å². The second-order valence-electron chi connectivity index (χ2n) is 6.25. The number of nitrogens with zero attached hydrogens (tertiary/aromatic N) is 3. The van der Waals surface area contributed by atoms with Crippen LogP contribution in [-0.2, 0) is 0 Å². The summed E-state index contributed by atoms with van der Waals surface area (Å²) in [5, 5.41) is 3.04. The van der Waals surface area contributed by atoms with Crippen LogP contribution in [0.5, 0.6) is 0 Å². The fourth-order valence-corrected chi connectivity index (χ4v) is 2.78. The van der Waals surface area contributed by atoms with Gasteiger partial charge in [0.1, 0.15) is 5.82 Å². The molecular formula is C16H26N4O. The van der Waals surface area contributed by atoms with Crippen LogP contribution in [0.2, 0.25) is 0 Å². The smallest absolute Gasteiger partial charge is 0.274 e. The van der Waals surface area contributed by atoms with Crippen LogP contribution in [0, 0.1) is 5.92 Å². The highest BCUT2D eigenvalue weighted by atomic mass is 16.2. The Bertz CT molecular complexity index is 515. The lowest BCUT2D eigenvalue weighted by atomic mass is 9.92. The Balaban J connectivity index is 2.35. The summed E-state index contributed by atoms with van der Waals surface area (Å²) >= 11 is 0. The molecule has 1 fully saturated rings. The first-order valence-corrected chi connectivity index (χ1v) is 7.81. The van der Waals surface area contributed by atoms with E-state index in [0.717, 1.165) is 18.8 Å². The molecule has 0 aromatic carbocycles. The first kappa shape index (κ1) is 15.7. The predicted octanol–water partition coefficient (Wildman–Crippen LogP) is 2.90. The normalized spacial score (nSPS) is 22.5. The van der Waals surface area contributed by atoms with Crippen molar-refractivity contribution >= 4 is 11.6 Å². The third-order valence-corrected chi connectivity index (χ3v) is 4.43. The van der Waals surface area contributed by atoms with E-state index < -0.39 is 0 Å². The van der Waals surface area contributed by atoms with Gasteiger partial charge < -0.3 is 10.2 Å². The highest BCUT2D eigenvalue weighted by molar-refractivity contribution is 5.97. The van der Waals surface area contributed by atoms with Gasteiger partial charge in [-0.1, -0.05) is 20.8 Å². The zero-order valence-corrected chi connectivity index (χ0v) is 13.7. The van der Waals surface area contributed by atoms with Gasteiger partial charge in [0, 0.05) is 25.6 Å². The number of rotatable bonds is 3. The van der Waals surface area contributed by atoms with Crippen molar-refractivity contribution in [1.82, 2.24) is 14.9 Å². The lowest BCUT2D eigenvalue weighted by molar-refractivity contribution is 0.0545. The van der Waals surface area contributed by atoms with E-state index in [9.17, 15) is 4.79 Å². The van der Waals surface area contributed by atoms with E-state index in [1.165, 1.54) is 6.42 Å². The summed E-state index contributed by atoms with van der Waals surface area (Å²) in [6.07, 6.45) is 3.96. The average Bonchev–Trinajstić information content (AvgIpc) is 2.48. The van der Waals surface area contributed by atoms with Gasteiger partial charge in [-0.05, 0) is 25.7 Å².